The van der Waals surface area contributed by atoms with E-state index in [9.17, 15) is 9.90 Å². The number of carbonyl (C=O) groups excluding carboxylic acids is 1. The Morgan fingerprint density at radius 2 is 2.00 bits per heavy atom. The largest absolute Gasteiger partial charge is 0.377 e. The fraction of sp³-hybridized carbons (Fsp3) is 0.750. The Morgan fingerprint density at radius 3 is 2.77 bits per heavy atom. The van der Waals surface area contributed by atoms with Crippen molar-refractivity contribution >= 4 is 5.78 Å². The second kappa shape index (κ2) is 4.71. The van der Waals surface area contributed by atoms with Crippen molar-refractivity contribution in [2.24, 2.45) is 29.1 Å². The van der Waals surface area contributed by atoms with Crippen molar-refractivity contribution in [3.8, 4) is 12.3 Å². The number of hydrogen-bond acceptors (Lipinski definition) is 2. The number of fused-ring (bicyclic) bond motifs is 5. The van der Waals surface area contributed by atoms with E-state index in [1.807, 2.05) is 6.08 Å². The molecule has 2 heteroatoms. The fourth-order valence-electron chi connectivity index (χ4n) is 6.43. The first kappa shape index (κ1) is 14.5. The summed E-state index contributed by atoms with van der Waals surface area (Å²) in [6.45, 7) is 2.23. The molecule has 0 heterocycles. The third-order valence-corrected chi connectivity index (χ3v) is 7.69. The van der Waals surface area contributed by atoms with Crippen LogP contribution in [-0.4, -0.2) is 16.5 Å². The van der Waals surface area contributed by atoms with Crippen LogP contribution in [0.15, 0.2) is 11.6 Å². The summed E-state index contributed by atoms with van der Waals surface area (Å²) >= 11 is 0. The van der Waals surface area contributed by atoms with Gasteiger partial charge in [-0.15, -0.1) is 6.42 Å². The third kappa shape index (κ3) is 1.75. The molecular formula is C20H26O2. The molecule has 0 aromatic carbocycles. The lowest BCUT2D eigenvalue weighted by molar-refractivity contribution is -0.116. The summed E-state index contributed by atoms with van der Waals surface area (Å²) in [5.41, 5.74) is 0.418. The number of terminal acetylenes is 1. The Hall–Kier alpha value is -1.07. The summed E-state index contributed by atoms with van der Waals surface area (Å²) in [6.07, 6.45) is 15.7. The zero-order valence-corrected chi connectivity index (χ0v) is 13.5. The van der Waals surface area contributed by atoms with Crippen LogP contribution in [-0.2, 0) is 4.79 Å². The lowest BCUT2D eigenvalue weighted by atomic mass is 9.50. The molecule has 0 saturated heterocycles. The minimum Gasteiger partial charge on any atom is -0.377 e. The van der Waals surface area contributed by atoms with E-state index in [2.05, 4.69) is 12.8 Å². The van der Waals surface area contributed by atoms with Gasteiger partial charge in [-0.1, -0.05) is 18.4 Å². The lowest BCUT2D eigenvalue weighted by Gasteiger charge is -2.54. The zero-order chi connectivity index (χ0) is 15.5. The van der Waals surface area contributed by atoms with Crippen LogP contribution in [0.2, 0.25) is 0 Å². The lowest BCUT2D eigenvalue weighted by Crippen LogP contribution is -2.52. The van der Waals surface area contributed by atoms with Crippen LogP contribution in [0.25, 0.3) is 0 Å². The van der Waals surface area contributed by atoms with Gasteiger partial charge in [0.15, 0.2) is 5.78 Å². The monoisotopic (exact) mass is 298 g/mol. The number of aliphatic hydroxyl groups is 1. The molecule has 0 aliphatic heterocycles. The molecule has 4 aliphatic carbocycles. The summed E-state index contributed by atoms with van der Waals surface area (Å²) in [5.74, 6) is 5.66. The Balaban J connectivity index is 1.65. The van der Waals surface area contributed by atoms with Crippen LogP contribution in [0.1, 0.15) is 58.3 Å². The van der Waals surface area contributed by atoms with Crippen LogP contribution in [0.4, 0.5) is 0 Å². The van der Waals surface area contributed by atoms with Gasteiger partial charge in [0.05, 0.1) is 0 Å². The SMILES string of the molecule is C#C[C@]1(O)CC[C@@H]2[C@@H]3CCC4=CC(=O)CC[C@@H]4[C@H]3CC[C@]21C. The van der Waals surface area contributed by atoms with Crippen molar-refractivity contribution in [2.75, 3.05) is 0 Å². The van der Waals surface area contributed by atoms with E-state index in [1.165, 1.54) is 12.0 Å². The first-order valence-electron chi connectivity index (χ1n) is 8.92. The van der Waals surface area contributed by atoms with Gasteiger partial charge in [0, 0.05) is 11.8 Å². The van der Waals surface area contributed by atoms with Gasteiger partial charge in [-0.25, -0.2) is 0 Å². The predicted molar refractivity (Wildman–Crippen MR) is 85.9 cm³/mol. The molecule has 0 aromatic heterocycles. The second-order valence-corrected chi connectivity index (χ2v) is 8.30. The summed E-state index contributed by atoms with van der Waals surface area (Å²) in [5, 5.41) is 10.9. The predicted octanol–water partition coefficient (Wildman–Crippen LogP) is 3.49. The number of ketones is 1. The van der Waals surface area contributed by atoms with Crippen molar-refractivity contribution in [2.45, 2.75) is 63.9 Å². The summed E-state index contributed by atoms with van der Waals surface area (Å²) in [6, 6.07) is 0. The molecule has 0 amide bonds. The van der Waals surface area contributed by atoms with Gasteiger partial charge in [-0.3, -0.25) is 4.79 Å². The average molecular weight is 298 g/mol. The van der Waals surface area contributed by atoms with Gasteiger partial charge in [-0.05, 0) is 74.7 Å². The van der Waals surface area contributed by atoms with E-state index < -0.39 is 5.60 Å². The molecule has 1 N–H and O–H groups in total. The topological polar surface area (TPSA) is 37.3 Å². The highest BCUT2D eigenvalue weighted by atomic mass is 16.3. The Labute approximate surface area is 133 Å². The normalized spacial score (nSPS) is 50.4. The van der Waals surface area contributed by atoms with Gasteiger partial charge in [0.25, 0.3) is 0 Å². The highest BCUT2D eigenvalue weighted by molar-refractivity contribution is 5.91. The first-order chi connectivity index (χ1) is 10.5. The molecule has 0 aromatic rings. The van der Waals surface area contributed by atoms with Gasteiger partial charge in [-0.2, -0.15) is 0 Å². The Kier molecular flexibility index (Phi) is 3.11. The molecule has 0 unspecified atom stereocenters. The standard InChI is InChI=1S/C20H26O2/c1-3-20(22)11-9-18-17-6-4-13-12-14(21)5-7-15(13)16(17)8-10-19(18,20)2/h1,12,15-18,22H,4-11H2,2H3/t15-,16+,17+,18+,19+,20-/m0/s1. The highest BCUT2D eigenvalue weighted by Gasteiger charge is 2.61. The van der Waals surface area contributed by atoms with Gasteiger partial charge < -0.3 is 5.11 Å². The maximum atomic E-state index is 11.7. The molecule has 0 bridgehead atoms. The van der Waals surface area contributed by atoms with E-state index in [4.69, 9.17) is 6.42 Å². The van der Waals surface area contributed by atoms with E-state index >= 15 is 0 Å². The molecular weight excluding hydrogens is 272 g/mol. The highest BCUT2D eigenvalue weighted by Crippen LogP contribution is 2.64. The quantitative estimate of drug-likeness (QED) is 0.695. The molecule has 22 heavy (non-hydrogen) atoms. The molecule has 0 radical (unpaired) electrons. The van der Waals surface area contributed by atoms with Crippen LogP contribution < -0.4 is 0 Å². The van der Waals surface area contributed by atoms with Gasteiger partial charge in [0.2, 0.25) is 0 Å². The van der Waals surface area contributed by atoms with Crippen molar-refractivity contribution < 1.29 is 9.90 Å². The smallest absolute Gasteiger partial charge is 0.155 e. The molecule has 2 nitrogen and oxygen atoms in total. The Morgan fingerprint density at radius 1 is 1.18 bits per heavy atom. The van der Waals surface area contributed by atoms with Crippen LogP contribution >= 0.6 is 0 Å². The van der Waals surface area contributed by atoms with E-state index in [-0.39, 0.29) is 5.41 Å². The van der Waals surface area contributed by atoms with Gasteiger partial charge in [0.1, 0.15) is 5.60 Å². The number of rotatable bonds is 0. The minimum absolute atomic E-state index is 0.103. The molecule has 3 fully saturated rings. The molecule has 4 aliphatic rings. The van der Waals surface area contributed by atoms with Gasteiger partial charge >= 0.3 is 0 Å². The number of allylic oxidation sites excluding steroid dienone is 1. The molecule has 6 atom stereocenters. The molecule has 3 saturated carbocycles. The van der Waals surface area contributed by atoms with Crippen LogP contribution in [0.5, 0.6) is 0 Å². The third-order valence-electron chi connectivity index (χ3n) is 7.69. The average Bonchev–Trinajstić information content (AvgIpc) is 2.79. The maximum Gasteiger partial charge on any atom is 0.155 e. The maximum absolute atomic E-state index is 11.7. The number of hydrogen-bond donors (Lipinski definition) is 1. The van der Waals surface area contributed by atoms with E-state index in [0.717, 1.165) is 44.9 Å². The first-order valence-corrected chi connectivity index (χ1v) is 8.92. The van der Waals surface area contributed by atoms with E-state index in [1.54, 1.807) is 0 Å². The van der Waals surface area contributed by atoms with Crippen molar-refractivity contribution in [3.63, 3.8) is 0 Å². The van der Waals surface area contributed by atoms with Crippen molar-refractivity contribution in [1.29, 1.82) is 0 Å². The summed E-state index contributed by atoms with van der Waals surface area (Å²) in [7, 11) is 0. The minimum atomic E-state index is -0.902. The second-order valence-electron chi connectivity index (χ2n) is 8.30. The van der Waals surface area contributed by atoms with E-state index in [0.29, 0.717) is 29.5 Å². The zero-order valence-electron chi connectivity index (χ0n) is 13.5. The number of carbonyl (C=O) groups is 1. The molecule has 118 valence electrons. The Bertz CT molecular complexity index is 583. The van der Waals surface area contributed by atoms with Crippen molar-refractivity contribution in [1.82, 2.24) is 0 Å². The summed E-state index contributed by atoms with van der Waals surface area (Å²) < 4.78 is 0. The molecule has 4 rings (SSSR count). The molecule has 0 spiro atoms. The van der Waals surface area contributed by atoms with Crippen LogP contribution in [0, 0.1) is 41.4 Å². The summed E-state index contributed by atoms with van der Waals surface area (Å²) in [4.78, 5) is 11.7. The fourth-order valence-corrected chi connectivity index (χ4v) is 6.43. The van der Waals surface area contributed by atoms with Crippen LogP contribution in [0.3, 0.4) is 0 Å². The van der Waals surface area contributed by atoms with Crippen molar-refractivity contribution in [3.05, 3.63) is 11.6 Å².